The molecule has 22 heavy (non-hydrogen) atoms. The first-order valence-electron chi connectivity index (χ1n) is 6.76. The van der Waals surface area contributed by atoms with E-state index < -0.39 is 0 Å². The van der Waals surface area contributed by atoms with Crippen LogP contribution in [0.5, 0.6) is 0 Å². The molecule has 5 heteroatoms. The second-order valence-electron chi connectivity index (χ2n) is 5.26. The Bertz CT molecular complexity index is 784. The largest absolute Gasteiger partial charge is 0.383 e. The van der Waals surface area contributed by atoms with Gasteiger partial charge in [-0.05, 0) is 24.3 Å². The summed E-state index contributed by atoms with van der Waals surface area (Å²) in [4.78, 5) is 16.4. The zero-order valence-corrected chi connectivity index (χ0v) is 13.7. The van der Waals surface area contributed by atoms with Crippen LogP contribution in [0.4, 0.5) is 11.4 Å². The molecule has 0 aromatic heterocycles. The van der Waals surface area contributed by atoms with Crippen LogP contribution in [0, 0.1) is 0 Å². The van der Waals surface area contributed by atoms with Gasteiger partial charge in [0.15, 0.2) is 0 Å². The van der Waals surface area contributed by atoms with E-state index >= 15 is 0 Å². The number of fused-ring (bicyclic) bond motifs is 1. The third-order valence-electron chi connectivity index (χ3n) is 3.41. The van der Waals surface area contributed by atoms with Gasteiger partial charge in [0.05, 0.1) is 22.0 Å². The van der Waals surface area contributed by atoms with Gasteiger partial charge in [-0.3, -0.25) is 9.69 Å². The van der Waals surface area contributed by atoms with Crippen LogP contribution < -0.4 is 4.90 Å². The van der Waals surface area contributed by atoms with Crippen molar-refractivity contribution in [3.63, 3.8) is 0 Å². The molecule has 0 aliphatic carbocycles. The lowest BCUT2D eigenvalue weighted by Gasteiger charge is -2.19. The van der Waals surface area contributed by atoms with Crippen molar-refractivity contribution in [2.24, 2.45) is 0 Å². The molecule has 0 saturated carbocycles. The highest BCUT2D eigenvalue weighted by Crippen LogP contribution is 2.44. The van der Waals surface area contributed by atoms with Crippen LogP contribution in [-0.2, 0) is 4.79 Å². The monoisotopic (exact) mass is 332 g/mol. The minimum absolute atomic E-state index is 0.112. The van der Waals surface area contributed by atoms with Gasteiger partial charge >= 0.3 is 0 Å². The van der Waals surface area contributed by atoms with E-state index in [-0.39, 0.29) is 5.91 Å². The van der Waals surface area contributed by atoms with Crippen LogP contribution >= 0.6 is 23.2 Å². The number of benzene rings is 2. The Morgan fingerprint density at radius 2 is 1.77 bits per heavy atom. The fourth-order valence-electron chi connectivity index (χ4n) is 2.52. The van der Waals surface area contributed by atoms with Crippen molar-refractivity contribution in [1.29, 1.82) is 0 Å². The summed E-state index contributed by atoms with van der Waals surface area (Å²) in [7, 11) is 3.77. The Morgan fingerprint density at radius 3 is 2.50 bits per heavy atom. The number of hydrogen-bond donors (Lipinski definition) is 0. The van der Waals surface area contributed by atoms with Gasteiger partial charge < -0.3 is 4.90 Å². The Labute approximate surface area is 139 Å². The molecule has 1 heterocycles. The Morgan fingerprint density at radius 1 is 1.05 bits per heavy atom. The lowest BCUT2D eigenvalue weighted by Crippen LogP contribution is -2.21. The number of carbonyl (C=O) groups is 1. The number of nitrogens with zero attached hydrogens (tertiary/aromatic N) is 2. The number of rotatable bonds is 2. The predicted molar refractivity (Wildman–Crippen MR) is 91.7 cm³/mol. The normalized spacial score (nSPS) is 15.4. The number of halogens is 2. The van der Waals surface area contributed by atoms with Crippen molar-refractivity contribution >= 4 is 46.1 Å². The molecule has 2 aromatic rings. The molecule has 0 bridgehead atoms. The number of hydrogen-bond acceptors (Lipinski definition) is 2. The molecule has 1 aliphatic heterocycles. The topological polar surface area (TPSA) is 23.6 Å². The molecular formula is C17H14Cl2N2O. The maximum Gasteiger partial charge on any atom is 0.265 e. The van der Waals surface area contributed by atoms with Gasteiger partial charge in [-0.15, -0.1) is 0 Å². The van der Waals surface area contributed by atoms with Crippen LogP contribution in [-0.4, -0.2) is 24.9 Å². The average molecular weight is 333 g/mol. The van der Waals surface area contributed by atoms with Crippen LogP contribution in [0.25, 0.3) is 5.57 Å². The summed E-state index contributed by atoms with van der Waals surface area (Å²) in [6.45, 7) is 0. The van der Waals surface area contributed by atoms with Gasteiger partial charge in [-0.25, -0.2) is 0 Å². The van der Waals surface area contributed by atoms with Gasteiger partial charge in [0.2, 0.25) is 0 Å². The molecule has 0 N–H and O–H groups in total. The second-order valence-corrected chi connectivity index (χ2v) is 6.10. The van der Waals surface area contributed by atoms with Crippen molar-refractivity contribution < 1.29 is 4.79 Å². The summed E-state index contributed by atoms with van der Waals surface area (Å²) >= 11 is 12.4. The van der Waals surface area contributed by atoms with Crippen LogP contribution in [0.3, 0.4) is 0 Å². The maximum atomic E-state index is 12.9. The molecule has 0 atom stereocenters. The molecule has 0 unspecified atom stereocenters. The molecular weight excluding hydrogens is 319 g/mol. The summed E-state index contributed by atoms with van der Waals surface area (Å²) in [5, 5.41) is 1.02. The molecule has 3 rings (SSSR count). The summed E-state index contributed by atoms with van der Waals surface area (Å²) in [6, 6.07) is 12.8. The summed E-state index contributed by atoms with van der Waals surface area (Å²) in [5.41, 5.74) is 2.92. The number of para-hydroxylation sites is 1. The van der Waals surface area contributed by atoms with Gasteiger partial charge in [-0.2, -0.15) is 0 Å². The van der Waals surface area contributed by atoms with Crippen molar-refractivity contribution in [3.8, 4) is 0 Å². The van der Waals surface area contributed by atoms with Crippen molar-refractivity contribution in [2.75, 3.05) is 19.0 Å². The molecule has 3 nitrogen and oxygen atoms in total. The summed E-state index contributed by atoms with van der Waals surface area (Å²) in [5.74, 6) is -0.112. The number of anilines is 2. The Hall–Kier alpha value is -1.97. The fourth-order valence-corrected chi connectivity index (χ4v) is 2.89. The molecule has 2 aromatic carbocycles. The van der Waals surface area contributed by atoms with E-state index in [0.717, 1.165) is 11.3 Å². The first kappa shape index (κ1) is 14.9. The van der Waals surface area contributed by atoms with E-state index in [9.17, 15) is 4.79 Å². The van der Waals surface area contributed by atoms with Crippen LogP contribution in [0.1, 0.15) is 5.56 Å². The quantitative estimate of drug-likeness (QED) is 0.752. The van der Waals surface area contributed by atoms with Crippen LogP contribution in [0.15, 0.2) is 48.7 Å². The fraction of sp³-hybridized carbons (Fsp3) is 0.118. The Balaban J connectivity index is 2.22. The van der Waals surface area contributed by atoms with Crippen LogP contribution in [0.2, 0.25) is 10.0 Å². The molecule has 0 fully saturated rings. The lowest BCUT2D eigenvalue weighted by atomic mass is 10.1. The van der Waals surface area contributed by atoms with E-state index in [1.807, 2.05) is 49.5 Å². The molecule has 1 amide bonds. The van der Waals surface area contributed by atoms with Gasteiger partial charge in [0.25, 0.3) is 5.91 Å². The lowest BCUT2D eigenvalue weighted by molar-refractivity contribution is -0.112. The average Bonchev–Trinajstić information content (AvgIpc) is 2.74. The third kappa shape index (κ3) is 2.47. The molecule has 0 spiro atoms. The minimum atomic E-state index is -0.112. The zero-order chi connectivity index (χ0) is 15.9. The van der Waals surface area contributed by atoms with E-state index in [1.165, 1.54) is 0 Å². The smallest absolute Gasteiger partial charge is 0.265 e. The van der Waals surface area contributed by atoms with E-state index in [0.29, 0.717) is 21.3 Å². The van der Waals surface area contributed by atoms with Crippen molar-refractivity contribution in [2.45, 2.75) is 0 Å². The Kier molecular flexibility index (Phi) is 3.85. The minimum Gasteiger partial charge on any atom is -0.383 e. The van der Waals surface area contributed by atoms with Crippen molar-refractivity contribution in [1.82, 2.24) is 4.90 Å². The maximum absolute atomic E-state index is 12.9. The third-order valence-corrected chi connectivity index (χ3v) is 3.96. The molecule has 1 aliphatic rings. The summed E-state index contributed by atoms with van der Waals surface area (Å²) in [6.07, 6.45) is 1.82. The molecule has 112 valence electrons. The van der Waals surface area contributed by atoms with E-state index in [4.69, 9.17) is 23.2 Å². The SMILES string of the molecule is CN(C)C=C1C(=O)N(c2cc(Cl)ccc2Cl)c2ccccc21. The molecule has 0 radical (unpaired) electrons. The predicted octanol–water partition coefficient (Wildman–Crippen LogP) is 4.57. The standard InChI is InChI=1S/C17H14Cl2N2O/c1-20(2)10-13-12-5-3-4-6-15(12)21(17(13)22)16-9-11(18)7-8-14(16)19/h3-10H,1-2H3. The molecule has 0 saturated heterocycles. The second kappa shape index (κ2) is 5.67. The van der Waals surface area contributed by atoms with E-state index in [2.05, 4.69) is 0 Å². The van der Waals surface area contributed by atoms with Crippen molar-refractivity contribution in [3.05, 3.63) is 64.3 Å². The first-order valence-corrected chi connectivity index (χ1v) is 7.52. The first-order chi connectivity index (χ1) is 10.5. The van der Waals surface area contributed by atoms with Gasteiger partial charge in [-0.1, -0.05) is 41.4 Å². The van der Waals surface area contributed by atoms with Gasteiger partial charge in [0.1, 0.15) is 0 Å². The zero-order valence-electron chi connectivity index (χ0n) is 12.2. The highest BCUT2D eigenvalue weighted by molar-refractivity contribution is 6.40. The summed E-state index contributed by atoms with van der Waals surface area (Å²) < 4.78 is 0. The highest BCUT2D eigenvalue weighted by atomic mass is 35.5. The van der Waals surface area contributed by atoms with E-state index in [1.54, 1.807) is 23.1 Å². The number of amides is 1. The highest BCUT2D eigenvalue weighted by Gasteiger charge is 2.34. The van der Waals surface area contributed by atoms with Gasteiger partial charge in [0, 0.05) is 30.9 Å². The number of carbonyl (C=O) groups excluding carboxylic acids is 1.